The van der Waals surface area contributed by atoms with Crippen LogP contribution in [0.15, 0.2) is 39.9 Å². The lowest BCUT2D eigenvalue weighted by Crippen LogP contribution is -2.48. The van der Waals surface area contributed by atoms with E-state index in [2.05, 4.69) is 0 Å². The number of anilines is 1. The first-order chi connectivity index (χ1) is 14.0. The third kappa shape index (κ3) is 4.17. The minimum atomic E-state index is -3.66. The van der Waals surface area contributed by atoms with E-state index in [-0.39, 0.29) is 29.0 Å². The summed E-state index contributed by atoms with van der Waals surface area (Å²) in [6.07, 6.45) is 3.12. The summed E-state index contributed by atoms with van der Waals surface area (Å²) in [4.78, 5) is 16.3. The molecule has 1 aromatic heterocycles. The summed E-state index contributed by atoms with van der Waals surface area (Å²) in [7, 11) is -3.66. The van der Waals surface area contributed by atoms with E-state index >= 15 is 0 Å². The molecule has 6 nitrogen and oxygen atoms in total. The first-order valence-corrected chi connectivity index (χ1v) is 12.2. The summed E-state index contributed by atoms with van der Waals surface area (Å²) in [5, 5.41) is 1.64. The third-order valence-corrected chi connectivity index (χ3v) is 8.81. The number of carbonyl (C=O) groups is 1. The Kier molecular flexibility index (Phi) is 5.89. The van der Waals surface area contributed by atoms with Crippen LogP contribution in [0.5, 0.6) is 0 Å². The van der Waals surface area contributed by atoms with Crippen molar-refractivity contribution < 1.29 is 17.6 Å². The number of amides is 1. The second-order valence-electron chi connectivity index (χ2n) is 7.35. The fourth-order valence-electron chi connectivity index (χ4n) is 3.85. The third-order valence-electron chi connectivity index (χ3n) is 5.49. The molecule has 0 radical (unpaired) electrons. The standard InChI is InChI=1S/C20H24FN3O3S2/c21-17-6-2-3-7-18(17)22-10-12-24(13-11-22)29(26,27)19-14-16(15-28-19)20(25)23-8-4-1-5-9-23/h2-3,6-7,14-15H,1,4-5,8-13H2. The van der Waals surface area contributed by atoms with Gasteiger partial charge < -0.3 is 9.80 Å². The first kappa shape index (κ1) is 20.3. The zero-order valence-electron chi connectivity index (χ0n) is 16.1. The van der Waals surface area contributed by atoms with Crippen LogP contribution >= 0.6 is 11.3 Å². The smallest absolute Gasteiger partial charge is 0.254 e. The molecular formula is C20H24FN3O3S2. The highest BCUT2D eigenvalue weighted by atomic mass is 32.2. The van der Waals surface area contributed by atoms with E-state index in [1.54, 1.807) is 28.5 Å². The average Bonchev–Trinajstić information content (AvgIpc) is 3.25. The van der Waals surface area contributed by atoms with Gasteiger partial charge in [0.05, 0.1) is 11.3 Å². The summed E-state index contributed by atoms with van der Waals surface area (Å²) in [5.74, 6) is -0.394. The SMILES string of the molecule is O=C(c1csc(S(=O)(=O)N2CCN(c3ccccc3F)CC2)c1)N1CCCCC1. The molecule has 0 N–H and O–H groups in total. The number of hydrogen-bond donors (Lipinski definition) is 0. The molecule has 29 heavy (non-hydrogen) atoms. The van der Waals surface area contributed by atoms with Crippen LogP contribution in [0.1, 0.15) is 29.6 Å². The largest absolute Gasteiger partial charge is 0.367 e. The zero-order valence-corrected chi connectivity index (χ0v) is 17.7. The van der Waals surface area contributed by atoms with E-state index in [0.717, 1.165) is 43.7 Å². The normalized spacial score (nSPS) is 18.8. The van der Waals surface area contributed by atoms with Crippen molar-refractivity contribution in [2.75, 3.05) is 44.2 Å². The van der Waals surface area contributed by atoms with Gasteiger partial charge in [-0.2, -0.15) is 4.31 Å². The number of hydrogen-bond acceptors (Lipinski definition) is 5. The molecule has 2 aliphatic rings. The molecular weight excluding hydrogens is 413 g/mol. The Hall–Kier alpha value is -1.97. The Morgan fingerprint density at radius 3 is 2.34 bits per heavy atom. The van der Waals surface area contributed by atoms with Crippen molar-refractivity contribution in [3.05, 3.63) is 47.1 Å². The van der Waals surface area contributed by atoms with Crippen molar-refractivity contribution in [2.24, 2.45) is 0 Å². The van der Waals surface area contributed by atoms with Crippen molar-refractivity contribution in [2.45, 2.75) is 23.5 Å². The molecule has 0 aliphatic carbocycles. The van der Waals surface area contributed by atoms with Crippen LogP contribution in [-0.2, 0) is 10.0 Å². The molecule has 0 atom stereocenters. The Balaban J connectivity index is 1.44. The summed E-state index contributed by atoms with van der Waals surface area (Å²) < 4.78 is 41.7. The van der Waals surface area contributed by atoms with Gasteiger partial charge in [0.15, 0.2) is 0 Å². The Morgan fingerprint density at radius 2 is 1.66 bits per heavy atom. The Bertz CT molecular complexity index is 978. The number of thiophene rings is 1. The maximum absolute atomic E-state index is 14.0. The predicted octanol–water partition coefficient (Wildman–Crippen LogP) is 3.02. The minimum Gasteiger partial charge on any atom is -0.367 e. The summed E-state index contributed by atoms with van der Waals surface area (Å²) in [5.41, 5.74) is 0.940. The van der Waals surface area contributed by atoms with Crippen LogP contribution in [0.2, 0.25) is 0 Å². The predicted molar refractivity (Wildman–Crippen MR) is 111 cm³/mol. The van der Waals surface area contributed by atoms with Crippen molar-refractivity contribution in [3.8, 4) is 0 Å². The van der Waals surface area contributed by atoms with Gasteiger partial charge in [-0.05, 0) is 37.5 Å². The molecule has 0 bridgehead atoms. The lowest BCUT2D eigenvalue weighted by Gasteiger charge is -2.35. The molecule has 4 rings (SSSR count). The highest BCUT2D eigenvalue weighted by Gasteiger charge is 2.31. The number of piperazine rings is 1. The number of halogens is 1. The molecule has 0 unspecified atom stereocenters. The highest BCUT2D eigenvalue weighted by molar-refractivity contribution is 7.91. The molecule has 9 heteroatoms. The van der Waals surface area contributed by atoms with Crippen molar-refractivity contribution in [1.82, 2.24) is 9.21 Å². The quantitative estimate of drug-likeness (QED) is 0.738. The maximum Gasteiger partial charge on any atom is 0.254 e. The number of likely N-dealkylation sites (tertiary alicyclic amines) is 1. The Morgan fingerprint density at radius 1 is 0.966 bits per heavy atom. The van der Waals surface area contributed by atoms with E-state index in [1.165, 1.54) is 16.4 Å². The van der Waals surface area contributed by atoms with Gasteiger partial charge in [0.2, 0.25) is 0 Å². The molecule has 2 aromatic rings. The van der Waals surface area contributed by atoms with Gasteiger partial charge in [0, 0.05) is 44.6 Å². The van der Waals surface area contributed by atoms with Crippen LogP contribution in [-0.4, -0.2) is 62.8 Å². The molecule has 2 saturated heterocycles. The Labute approximate surface area is 174 Å². The molecule has 0 saturated carbocycles. The molecule has 0 spiro atoms. The van der Waals surface area contributed by atoms with E-state index < -0.39 is 10.0 Å². The molecule has 156 valence electrons. The average molecular weight is 438 g/mol. The lowest BCUT2D eigenvalue weighted by atomic mass is 10.1. The second kappa shape index (κ2) is 8.41. The van der Waals surface area contributed by atoms with Gasteiger partial charge in [-0.15, -0.1) is 11.3 Å². The number of benzene rings is 1. The van der Waals surface area contributed by atoms with Gasteiger partial charge in [-0.1, -0.05) is 12.1 Å². The maximum atomic E-state index is 14.0. The van der Waals surface area contributed by atoms with E-state index in [9.17, 15) is 17.6 Å². The van der Waals surface area contributed by atoms with E-state index in [0.29, 0.717) is 24.3 Å². The van der Waals surface area contributed by atoms with Crippen LogP contribution in [0.3, 0.4) is 0 Å². The van der Waals surface area contributed by atoms with Gasteiger partial charge in [0.25, 0.3) is 15.9 Å². The van der Waals surface area contributed by atoms with Crippen molar-refractivity contribution in [3.63, 3.8) is 0 Å². The lowest BCUT2D eigenvalue weighted by molar-refractivity contribution is 0.0724. The van der Waals surface area contributed by atoms with Crippen LogP contribution in [0.4, 0.5) is 10.1 Å². The fraction of sp³-hybridized carbons (Fsp3) is 0.450. The van der Waals surface area contributed by atoms with Gasteiger partial charge >= 0.3 is 0 Å². The zero-order chi connectivity index (χ0) is 20.4. The van der Waals surface area contributed by atoms with E-state index in [4.69, 9.17) is 0 Å². The molecule has 2 fully saturated rings. The van der Waals surface area contributed by atoms with Crippen molar-refractivity contribution >= 4 is 33.0 Å². The second-order valence-corrected chi connectivity index (χ2v) is 10.4. The topological polar surface area (TPSA) is 60.9 Å². The number of carbonyl (C=O) groups excluding carboxylic acids is 1. The highest BCUT2D eigenvalue weighted by Crippen LogP contribution is 2.28. The summed E-state index contributed by atoms with van der Waals surface area (Å²) in [6, 6.07) is 8.02. The van der Waals surface area contributed by atoms with Gasteiger partial charge in [-0.25, -0.2) is 12.8 Å². The van der Waals surface area contributed by atoms with Gasteiger partial charge in [-0.3, -0.25) is 4.79 Å². The van der Waals surface area contributed by atoms with Crippen LogP contribution in [0, 0.1) is 5.82 Å². The molecule has 1 aromatic carbocycles. The molecule has 2 aliphatic heterocycles. The van der Waals surface area contributed by atoms with Crippen LogP contribution < -0.4 is 4.90 Å². The van der Waals surface area contributed by atoms with Gasteiger partial charge in [0.1, 0.15) is 10.0 Å². The summed E-state index contributed by atoms with van der Waals surface area (Å²) in [6.45, 7) is 2.87. The first-order valence-electron chi connectivity index (χ1n) is 9.84. The molecule has 3 heterocycles. The number of rotatable bonds is 4. The monoisotopic (exact) mass is 437 g/mol. The fourth-order valence-corrected chi connectivity index (χ4v) is 6.58. The van der Waals surface area contributed by atoms with E-state index in [1.807, 2.05) is 4.90 Å². The summed E-state index contributed by atoms with van der Waals surface area (Å²) >= 11 is 1.09. The number of para-hydroxylation sites is 1. The number of nitrogens with zero attached hydrogens (tertiary/aromatic N) is 3. The van der Waals surface area contributed by atoms with Crippen LogP contribution in [0.25, 0.3) is 0 Å². The molecule has 1 amide bonds. The van der Waals surface area contributed by atoms with Crippen molar-refractivity contribution in [1.29, 1.82) is 0 Å². The number of sulfonamides is 1. The minimum absolute atomic E-state index is 0.0910. The number of piperidine rings is 1.